The maximum atomic E-state index is 10.9. The molecule has 1 aromatic heterocycles. The molecule has 1 heterocycles. The Kier molecular flexibility index (Phi) is 1.87. The van der Waals surface area contributed by atoms with E-state index in [1.807, 2.05) is 6.07 Å². The van der Waals surface area contributed by atoms with Crippen LogP contribution in [0.2, 0.25) is 0 Å². The summed E-state index contributed by atoms with van der Waals surface area (Å²) in [6.07, 6.45) is 0. The number of rotatable bonds is 1. The fourth-order valence-corrected chi connectivity index (χ4v) is 2.25. The molecule has 0 saturated carbocycles. The largest absolute Gasteiger partial charge is 0.343 e. The van der Waals surface area contributed by atoms with E-state index in [0.717, 1.165) is 5.39 Å². The van der Waals surface area contributed by atoms with Crippen molar-refractivity contribution in [1.29, 1.82) is 0 Å². The molecule has 2 N–H and O–H groups in total. The molecule has 0 spiro atoms. The van der Waals surface area contributed by atoms with Gasteiger partial charge in [-0.15, -0.1) is 0 Å². The van der Waals surface area contributed by atoms with Crippen LogP contribution in [0.1, 0.15) is 5.56 Å². The molecule has 0 aliphatic rings. The molecule has 5 heteroatoms. The summed E-state index contributed by atoms with van der Waals surface area (Å²) in [5, 5.41) is 0.679. The van der Waals surface area contributed by atoms with Gasteiger partial charge in [0.25, 0.3) is 0 Å². The smallest absolute Gasteiger partial charge is 0.310 e. The standard InChI is InChI=1S/C9H9NO3S/c1-6-7-4-2-3-5-8(7)10-9(6)14(11,12)13/h2-5,10H,1H3,(H,11,12,13). The number of aryl methyl sites for hydroxylation is 1. The summed E-state index contributed by atoms with van der Waals surface area (Å²) in [5.41, 5.74) is 1.25. The average Bonchev–Trinajstić information content (AvgIpc) is 2.44. The first-order valence-electron chi connectivity index (χ1n) is 4.05. The van der Waals surface area contributed by atoms with Crippen molar-refractivity contribution < 1.29 is 13.0 Å². The molecule has 0 fully saturated rings. The predicted octanol–water partition coefficient (Wildman–Crippen LogP) is 1.72. The van der Waals surface area contributed by atoms with E-state index in [2.05, 4.69) is 4.98 Å². The number of hydrogen-bond acceptors (Lipinski definition) is 2. The fourth-order valence-electron chi connectivity index (χ4n) is 1.52. The van der Waals surface area contributed by atoms with Gasteiger partial charge in [0.05, 0.1) is 0 Å². The molecule has 1 aromatic carbocycles. The van der Waals surface area contributed by atoms with Crippen molar-refractivity contribution in [1.82, 2.24) is 4.98 Å². The number of aromatic amines is 1. The van der Waals surface area contributed by atoms with Crippen molar-refractivity contribution in [2.75, 3.05) is 0 Å². The molecular weight excluding hydrogens is 202 g/mol. The first-order valence-corrected chi connectivity index (χ1v) is 5.49. The molecule has 0 bridgehead atoms. The van der Waals surface area contributed by atoms with Crippen LogP contribution >= 0.6 is 0 Å². The minimum Gasteiger partial charge on any atom is -0.343 e. The Hall–Kier alpha value is -1.33. The van der Waals surface area contributed by atoms with E-state index in [4.69, 9.17) is 4.55 Å². The first-order chi connectivity index (χ1) is 6.50. The third-order valence-corrected chi connectivity index (χ3v) is 3.10. The number of nitrogens with one attached hydrogen (secondary N) is 1. The lowest BCUT2D eigenvalue weighted by atomic mass is 10.2. The van der Waals surface area contributed by atoms with E-state index in [9.17, 15) is 8.42 Å². The summed E-state index contributed by atoms with van der Waals surface area (Å²) in [6.45, 7) is 1.65. The predicted molar refractivity (Wildman–Crippen MR) is 52.9 cm³/mol. The van der Waals surface area contributed by atoms with Crippen molar-refractivity contribution in [3.63, 3.8) is 0 Å². The van der Waals surface area contributed by atoms with Gasteiger partial charge >= 0.3 is 10.1 Å². The lowest BCUT2D eigenvalue weighted by Crippen LogP contribution is -1.99. The molecule has 2 rings (SSSR count). The topological polar surface area (TPSA) is 70.2 Å². The van der Waals surface area contributed by atoms with Crippen LogP contribution in [0.15, 0.2) is 29.3 Å². The molecule has 0 aliphatic heterocycles. The van der Waals surface area contributed by atoms with E-state index in [0.29, 0.717) is 11.1 Å². The van der Waals surface area contributed by atoms with Crippen molar-refractivity contribution in [2.24, 2.45) is 0 Å². The van der Waals surface area contributed by atoms with Crippen LogP contribution in [-0.4, -0.2) is 18.0 Å². The molecule has 0 radical (unpaired) electrons. The first kappa shape index (κ1) is 9.23. The Bertz CT molecular complexity index is 583. The van der Waals surface area contributed by atoms with Gasteiger partial charge in [0.15, 0.2) is 5.03 Å². The maximum absolute atomic E-state index is 10.9. The Morgan fingerprint density at radius 2 is 1.93 bits per heavy atom. The Labute approximate surface area is 81.3 Å². The molecule has 0 atom stereocenters. The summed E-state index contributed by atoms with van der Waals surface area (Å²) in [6, 6.07) is 7.18. The zero-order valence-corrected chi connectivity index (χ0v) is 8.30. The van der Waals surface area contributed by atoms with Crippen molar-refractivity contribution >= 4 is 21.0 Å². The van der Waals surface area contributed by atoms with Crippen LogP contribution in [0.5, 0.6) is 0 Å². The molecule has 0 amide bonds. The highest BCUT2D eigenvalue weighted by atomic mass is 32.2. The zero-order chi connectivity index (χ0) is 10.3. The highest BCUT2D eigenvalue weighted by molar-refractivity contribution is 7.85. The SMILES string of the molecule is Cc1c(S(=O)(=O)O)[nH]c2ccccc12. The van der Waals surface area contributed by atoms with Crippen molar-refractivity contribution in [3.8, 4) is 0 Å². The lowest BCUT2D eigenvalue weighted by molar-refractivity contribution is 0.479. The van der Waals surface area contributed by atoms with Crippen molar-refractivity contribution in [3.05, 3.63) is 29.8 Å². The number of hydrogen-bond donors (Lipinski definition) is 2. The van der Waals surface area contributed by atoms with Gasteiger partial charge in [-0.2, -0.15) is 8.42 Å². The van der Waals surface area contributed by atoms with Gasteiger partial charge in [0.1, 0.15) is 0 Å². The summed E-state index contributed by atoms with van der Waals surface area (Å²) in [7, 11) is -4.15. The van der Waals surface area contributed by atoms with Gasteiger partial charge in [0, 0.05) is 10.9 Å². The maximum Gasteiger partial charge on any atom is 0.310 e. The minimum absolute atomic E-state index is 0.126. The summed E-state index contributed by atoms with van der Waals surface area (Å²) in [4.78, 5) is 2.67. The fraction of sp³-hybridized carbons (Fsp3) is 0.111. The number of fused-ring (bicyclic) bond motifs is 1. The number of para-hydroxylation sites is 1. The van der Waals surface area contributed by atoms with E-state index in [-0.39, 0.29) is 5.03 Å². The van der Waals surface area contributed by atoms with E-state index in [1.54, 1.807) is 25.1 Å². The Balaban J connectivity index is 2.89. The van der Waals surface area contributed by atoms with Crippen molar-refractivity contribution in [2.45, 2.75) is 11.9 Å². The van der Waals surface area contributed by atoms with Gasteiger partial charge < -0.3 is 4.98 Å². The Morgan fingerprint density at radius 1 is 1.29 bits per heavy atom. The monoisotopic (exact) mass is 211 g/mol. The van der Waals surface area contributed by atoms with Gasteiger partial charge in [-0.25, -0.2) is 0 Å². The van der Waals surface area contributed by atoms with Crippen LogP contribution in [0, 0.1) is 6.92 Å². The second-order valence-corrected chi connectivity index (χ2v) is 4.46. The number of benzene rings is 1. The molecule has 0 aliphatic carbocycles. The number of H-pyrrole nitrogens is 1. The number of aromatic nitrogens is 1. The van der Waals surface area contributed by atoms with Gasteiger partial charge in [0.2, 0.25) is 0 Å². The normalized spacial score (nSPS) is 12.1. The van der Waals surface area contributed by atoms with Gasteiger partial charge in [-0.05, 0) is 18.6 Å². The van der Waals surface area contributed by atoms with Crippen LogP contribution in [0.25, 0.3) is 10.9 Å². The van der Waals surface area contributed by atoms with Gasteiger partial charge in [-0.1, -0.05) is 18.2 Å². The van der Waals surface area contributed by atoms with Gasteiger partial charge in [-0.3, -0.25) is 4.55 Å². The molecule has 0 unspecified atom stereocenters. The molecule has 4 nitrogen and oxygen atoms in total. The summed E-state index contributed by atoms with van der Waals surface area (Å²) >= 11 is 0. The highest BCUT2D eigenvalue weighted by Gasteiger charge is 2.17. The zero-order valence-electron chi connectivity index (χ0n) is 7.48. The average molecular weight is 211 g/mol. The summed E-state index contributed by atoms with van der Waals surface area (Å²) in [5.74, 6) is 0. The molecule has 0 saturated heterocycles. The van der Waals surface area contributed by atoms with E-state index >= 15 is 0 Å². The van der Waals surface area contributed by atoms with E-state index in [1.165, 1.54) is 0 Å². The third kappa shape index (κ3) is 1.30. The quantitative estimate of drug-likeness (QED) is 0.705. The highest BCUT2D eigenvalue weighted by Crippen LogP contribution is 2.24. The lowest BCUT2D eigenvalue weighted by Gasteiger charge is -1.92. The van der Waals surface area contributed by atoms with Crippen LogP contribution in [0.3, 0.4) is 0 Å². The van der Waals surface area contributed by atoms with Crippen LogP contribution in [-0.2, 0) is 10.1 Å². The molecular formula is C9H9NO3S. The second kappa shape index (κ2) is 2.83. The minimum atomic E-state index is -4.15. The summed E-state index contributed by atoms with van der Waals surface area (Å²) < 4.78 is 30.8. The molecule has 74 valence electrons. The third-order valence-electron chi connectivity index (χ3n) is 2.18. The van der Waals surface area contributed by atoms with Crippen LogP contribution in [0.4, 0.5) is 0 Å². The van der Waals surface area contributed by atoms with Crippen LogP contribution < -0.4 is 0 Å². The van der Waals surface area contributed by atoms with E-state index < -0.39 is 10.1 Å². The second-order valence-electron chi connectivity index (χ2n) is 3.10. The molecule has 2 aromatic rings. The molecule has 14 heavy (non-hydrogen) atoms. The Morgan fingerprint density at radius 3 is 2.50 bits per heavy atom.